The number of pyridine rings is 1. The third kappa shape index (κ3) is 6.50. The zero-order valence-corrected chi connectivity index (χ0v) is 22.9. The summed E-state index contributed by atoms with van der Waals surface area (Å²) in [7, 11) is 0. The van der Waals surface area contributed by atoms with Gasteiger partial charge in [-0.1, -0.05) is 0 Å². The number of hydrogen-bond donors (Lipinski definition) is 2. The SMILES string of the molecule is N=C(/C(=C\NC1CC1)Oc1ccnc2cc(-c3cnn(C4CCN(CC(F)(F)F)CC4)c3)sc12)C1CCOCC1. The minimum absolute atomic E-state index is 0.0764. The lowest BCUT2D eigenvalue weighted by molar-refractivity contribution is -0.148. The standard InChI is InChI=1S/C28H33F3N6O2S/c29-28(30,31)17-36-9-4-21(5-10-36)37-16-19(14-35-37)25-13-22-27(40-25)23(3-8-33-22)39-24(15-34-20-1-2-20)26(32)18-6-11-38-12-7-18/h3,8,13-16,18,20-21,32,34H,1-2,4-7,9-12,17H2/b24-15+,32-26?. The summed E-state index contributed by atoms with van der Waals surface area (Å²) in [4.78, 5) is 7.00. The summed E-state index contributed by atoms with van der Waals surface area (Å²) in [5.41, 5.74) is 2.23. The van der Waals surface area contributed by atoms with E-state index in [0.717, 1.165) is 46.3 Å². The molecule has 0 aromatic carbocycles. The Bertz CT molecular complexity index is 1370. The average Bonchev–Trinajstić information content (AvgIpc) is 3.45. The highest BCUT2D eigenvalue weighted by atomic mass is 32.1. The van der Waals surface area contributed by atoms with Crippen molar-refractivity contribution in [3.8, 4) is 16.2 Å². The second-order valence-electron chi connectivity index (χ2n) is 10.8. The number of allylic oxidation sites excluding steroid dienone is 1. The van der Waals surface area contributed by atoms with Crippen LogP contribution < -0.4 is 10.1 Å². The van der Waals surface area contributed by atoms with Gasteiger partial charge in [-0.3, -0.25) is 14.6 Å². The molecule has 2 N–H and O–H groups in total. The normalized spacial score (nSPS) is 20.2. The lowest BCUT2D eigenvalue weighted by Gasteiger charge is -2.32. The van der Waals surface area contributed by atoms with E-state index in [9.17, 15) is 13.2 Å². The molecule has 3 aromatic heterocycles. The summed E-state index contributed by atoms with van der Waals surface area (Å²) in [5.74, 6) is 1.29. The Balaban J connectivity index is 1.18. The first kappa shape index (κ1) is 27.2. The molecule has 6 rings (SSSR count). The first-order valence-electron chi connectivity index (χ1n) is 13.9. The summed E-state index contributed by atoms with van der Waals surface area (Å²) in [6.07, 6.45) is 8.31. The molecule has 0 spiro atoms. The monoisotopic (exact) mass is 574 g/mol. The Hall–Kier alpha value is -2.96. The predicted octanol–water partition coefficient (Wildman–Crippen LogP) is 5.78. The number of piperidine rings is 1. The van der Waals surface area contributed by atoms with Gasteiger partial charge in [0.2, 0.25) is 0 Å². The van der Waals surface area contributed by atoms with Crippen molar-refractivity contribution in [2.45, 2.75) is 56.8 Å². The fourth-order valence-electron chi connectivity index (χ4n) is 5.31. The topological polar surface area (TPSA) is 88.3 Å². The van der Waals surface area contributed by atoms with Crippen LogP contribution in [0, 0.1) is 11.3 Å². The van der Waals surface area contributed by atoms with E-state index in [0.29, 0.717) is 62.4 Å². The van der Waals surface area contributed by atoms with Crippen molar-refractivity contribution in [3.63, 3.8) is 0 Å². The highest BCUT2D eigenvalue weighted by molar-refractivity contribution is 7.22. The van der Waals surface area contributed by atoms with Crippen LogP contribution >= 0.6 is 11.3 Å². The van der Waals surface area contributed by atoms with E-state index >= 15 is 0 Å². The van der Waals surface area contributed by atoms with E-state index in [1.54, 1.807) is 23.7 Å². The van der Waals surface area contributed by atoms with Crippen LogP contribution in [0.5, 0.6) is 5.75 Å². The molecule has 1 aliphatic carbocycles. The van der Waals surface area contributed by atoms with Crippen molar-refractivity contribution in [2.24, 2.45) is 5.92 Å². The molecular weight excluding hydrogens is 541 g/mol. The number of aromatic nitrogens is 3. The van der Waals surface area contributed by atoms with E-state index in [1.807, 2.05) is 29.2 Å². The number of nitrogens with one attached hydrogen (secondary N) is 2. The highest BCUT2D eigenvalue weighted by Crippen LogP contribution is 2.39. The third-order valence-electron chi connectivity index (χ3n) is 7.74. The molecule has 12 heteroatoms. The molecule has 1 saturated carbocycles. The number of fused-ring (bicyclic) bond motifs is 1. The first-order chi connectivity index (χ1) is 19.3. The summed E-state index contributed by atoms with van der Waals surface area (Å²) in [6.45, 7) is 1.27. The molecule has 0 radical (unpaired) electrons. The largest absolute Gasteiger partial charge is 0.452 e. The Morgan fingerprint density at radius 3 is 2.67 bits per heavy atom. The van der Waals surface area contributed by atoms with Gasteiger partial charge in [-0.2, -0.15) is 18.3 Å². The van der Waals surface area contributed by atoms with Crippen molar-refractivity contribution >= 4 is 27.3 Å². The fraction of sp³-hybridized carbons (Fsp3) is 0.536. The first-order valence-corrected chi connectivity index (χ1v) is 14.7. The molecule has 2 saturated heterocycles. The predicted molar refractivity (Wildman–Crippen MR) is 148 cm³/mol. The number of ether oxygens (including phenoxy) is 2. The maximum absolute atomic E-state index is 12.7. The summed E-state index contributed by atoms with van der Waals surface area (Å²) >= 11 is 1.56. The van der Waals surface area contributed by atoms with Crippen molar-refractivity contribution in [1.82, 2.24) is 25.0 Å². The van der Waals surface area contributed by atoms with Crippen LogP contribution in [0.3, 0.4) is 0 Å². The zero-order chi connectivity index (χ0) is 27.7. The smallest absolute Gasteiger partial charge is 0.401 e. The summed E-state index contributed by atoms with van der Waals surface area (Å²) < 4.78 is 52.9. The Labute approximate surface area is 234 Å². The van der Waals surface area contributed by atoms with Gasteiger partial charge in [-0.15, -0.1) is 11.3 Å². The number of thiophene rings is 1. The number of nitrogens with zero attached hydrogens (tertiary/aromatic N) is 4. The quantitative estimate of drug-likeness (QED) is 0.249. The molecule has 3 aliphatic rings. The molecule has 214 valence electrons. The molecule has 3 fully saturated rings. The van der Waals surface area contributed by atoms with Gasteiger partial charge < -0.3 is 20.2 Å². The minimum Gasteiger partial charge on any atom is -0.452 e. The molecule has 40 heavy (non-hydrogen) atoms. The van der Waals surface area contributed by atoms with E-state index in [4.69, 9.17) is 14.9 Å². The van der Waals surface area contributed by atoms with E-state index < -0.39 is 12.7 Å². The average molecular weight is 575 g/mol. The highest BCUT2D eigenvalue weighted by Gasteiger charge is 2.33. The van der Waals surface area contributed by atoms with Crippen molar-refractivity contribution in [3.05, 3.63) is 42.7 Å². The van der Waals surface area contributed by atoms with Crippen LogP contribution in [0.15, 0.2) is 42.7 Å². The van der Waals surface area contributed by atoms with Gasteiger partial charge in [-0.25, -0.2) is 0 Å². The van der Waals surface area contributed by atoms with Crippen LogP contribution in [0.25, 0.3) is 20.7 Å². The van der Waals surface area contributed by atoms with Gasteiger partial charge in [0.15, 0.2) is 5.76 Å². The molecular formula is C28H33F3N6O2S. The summed E-state index contributed by atoms with van der Waals surface area (Å²) in [6, 6.07) is 4.37. The lowest BCUT2D eigenvalue weighted by Crippen LogP contribution is -2.40. The second kappa shape index (κ2) is 11.5. The minimum atomic E-state index is -4.17. The van der Waals surface area contributed by atoms with Gasteiger partial charge in [0.1, 0.15) is 5.75 Å². The maximum atomic E-state index is 12.7. The molecule has 8 nitrogen and oxygen atoms in total. The molecule has 2 aliphatic heterocycles. The number of rotatable bonds is 9. The Kier molecular flexibility index (Phi) is 7.82. The molecule has 0 atom stereocenters. The lowest BCUT2D eigenvalue weighted by atomic mass is 9.93. The van der Waals surface area contributed by atoms with Crippen LogP contribution in [0.1, 0.15) is 44.6 Å². The zero-order valence-electron chi connectivity index (χ0n) is 22.1. The molecule has 3 aromatic rings. The molecule has 5 heterocycles. The van der Waals surface area contributed by atoms with Gasteiger partial charge in [0.05, 0.1) is 34.7 Å². The van der Waals surface area contributed by atoms with E-state index in [1.165, 1.54) is 4.90 Å². The van der Waals surface area contributed by atoms with Gasteiger partial charge in [0, 0.05) is 73.4 Å². The van der Waals surface area contributed by atoms with E-state index in [-0.39, 0.29) is 12.0 Å². The van der Waals surface area contributed by atoms with E-state index in [2.05, 4.69) is 15.4 Å². The molecule has 0 unspecified atom stereocenters. The second-order valence-corrected chi connectivity index (χ2v) is 11.9. The Morgan fingerprint density at radius 2 is 1.95 bits per heavy atom. The van der Waals surface area contributed by atoms with Crippen molar-refractivity contribution in [2.75, 3.05) is 32.8 Å². The van der Waals surface area contributed by atoms with Crippen LogP contribution in [-0.2, 0) is 4.74 Å². The van der Waals surface area contributed by atoms with Gasteiger partial charge in [0.25, 0.3) is 0 Å². The number of hydrogen-bond acceptors (Lipinski definition) is 8. The van der Waals surface area contributed by atoms with Crippen molar-refractivity contribution in [1.29, 1.82) is 5.41 Å². The molecule has 0 bridgehead atoms. The van der Waals surface area contributed by atoms with Crippen molar-refractivity contribution < 1.29 is 22.6 Å². The van der Waals surface area contributed by atoms with Crippen LogP contribution in [-0.4, -0.2) is 70.4 Å². The Morgan fingerprint density at radius 1 is 1.18 bits per heavy atom. The van der Waals surface area contributed by atoms with Crippen LogP contribution in [0.2, 0.25) is 0 Å². The number of halogens is 3. The van der Waals surface area contributed by atoms with Gasteiger partial charge >= 0.3 is 6.18 Å². The fourth-order valence-corrected chi connectivity index (χ4v) is 6.35. The number of alkyl halides is 3. The van der Waals surface area contributed by atoms with Crippen LogP contribution in [0.4, 0.5) is 13.2 Å². The summed E-state index contributed by atoms with van der Waals surface area (Å²) in [5, 5.41) is 16.8. The number of likely N-dealkylation sites (tertiary alicyclic amines) is 1. The third-order valence-corrected chi connectivity index (χ3v) is 8.93. The molecule has 0 amide bonds. The maximum Gasteiger partial charge on any atom is 0.401 e. The van der Waals surface area contributed by atoms with Gasteiger partial charge in [-0.05, 0) is 44.6 Å².